The molecule has 1 aliphatic carbocycles. The minimum Gasteiger partial charge on any atom is -0.506 e. The summed E-state index contributed by atoms with van der Waals surface area (Å²) >= 11 is 0. The molecule has 1 amide bonds. The number of carbonyl (C=O) groups excluding carboxylic acids is 1. The van der Waals surface area contributed by atoms with Gasteiger partial charge in [0, 0.05) is 19.0 Å². The van der Waals surface area contributed by atoms with Crippen molar-refractivity contribution < 1.29 is 27.8 Å². The third-order valence-electron chi connectivity index (χ3n) is 6.16. The van der Waals surface area contributed by atoms with Crippen LogP contribution in [0.1, 0.15) is 17.0 Å². The second kappa shape index (κ2) is 9.09. The molecule has 2 aliphatic rings. The number of rotatable bonds is 5. The Morgan fingerprint density at radius 1 is 1.00 bits per heavy atom. The number of ether oxygens (including phenoxy) is 2. The van der Waals surface area contributed by atoms with Gasteiger partial charge in [-0.15, -0.1) is 0 Å². The zero-order valence-electron chi connectivity index (χ0n) is 18.3. The molecule has 1 aliphatic heterocycles. The maximum absolute atomic E-state index is 12.9. The second-order valence-electron chi connectivity index (χ2n) is 8.15. The summed E-state index contributed by atoms with van der Waals surface area (Å²) in [6, 6.07) is 19.8. The van der Waals surface area contributed by atoms with Crippen LogP contribution in [-0.2, 0) is 19.5 Å². The maximum atomic E-state index is 12.9. The number of fused-ring (bicyclic) bond motifs is 3. The van der Waals surface area contributed by atoms with E-state index >= 15 is 0 Å². The molecule has 3 aromatic rings. The Bertz CT molecular complexity index is 1290. The Balaban J connectivity index is 1.31. The highest BCUT2D eigenvalue weighted by Gasteiger charge is 2.30. The Morgan fingerprint density at radius 3 is 2.26 bits per heavy atom. The molecule has 0 spiro atoms. The predicted molar refractivity (Wildman–Crippen MR) is 126 cm³/mol. The van der Waals surface area contributed by atoms with Gasteiger partial charge in [0.25, 0.3) is 0 Å². The van der Waals surface area contributed by atoms with Gasteiger partial charge in [-0.3, -0.25) is 5.32 Å². The fourth-order valence-corrected chi connectivity index (χ4v) is 5.89. The van der Waals surface area contributed by atoms with Crippen LogP contribution in [-0.4, -0.2) is 56.8 Å². The first-order chi connectivity index (χ1) is 16.4. The molecule has 8 nitrogen and oxygen atoms in total. The lowest BCUT2D eigenvalue weighted by Gasteiger charge is -2.26. The Morgan fingerprint density at radius 2 is 1.62 bits per heavy atom. The van der Waals surface area contributed by atoms with Gasteiger partial charge in [-0.05, 0) is 40.5 Å². The van der Waals surface area contributed by atoms with Crippen LogP contribution in [0.5, 0.6) is 5.75 Å². The van der Waals surface area contributed by atoms with E-state index < -0.39 is 16.1 Å². The van der Waals surface area contributed by atoms with Gasteiger partial charge in [0.05, 0.1) is 23.8 Å². The lowest BCUT2D eigenvalue weighted by Crippen LogP contribution is -2.40. The van der Waals surface area contributed by atoms with Gasteiger partial charge in [-0.2, -0.15) is 4.31 Å². The van der Waals surface area contributed by atoms with E-state index in [1.807, 2.05) is 48.5 Å². The summed E-state index contributed by atoms with van der Waals surface area (Å²) < 4.78 is 37.9. The number of aromatic hydroxyl groups is 1. The van der Waals surface area contributed by atoms with E-state index in [1.54, 1.807) is 0 Å². The lowest BCUT2D eigenvalue weighted by atomic mass is 9.98. The molecule has 0 unspecified atom stereocenters. The highest BCUT2D eigenvalue weighted by Crippen LogP contribution is 2.44. The summed E-state index contributed by atoms with van der Waals surface area (Å²) in [6.45, 7) is 1.24. The first kappa shape index (κ1) is 22.4. The number of phenols is 1. The molecular formula is C25H24N2O6S. The number of nitrogens with zero attached hydrogens (tertiary/aromatic N) is 1. The van der Waals surface area contributed by atoms with Crippen LogP contribution in [0, 0.1) is 0 Å². The van der Waals surface area contributed by atoms with E-state index in [9.17, 15) is 18.3 Å². The van der Waals surface area contributed by atoms with Gasteiger partial charge in [0.15, 0.2) is 0 Å². The summed E-state index contributed by atoms with van der Waals surface area (Å²) in [5.41, 5.74) is 4.36. The van der Waals surface area contributed by atoms with Crippen LogP contribution in [0.15, 0.2) is 71.6 Å². The minimum absolute atomic E-state index is 0.0267. The predicted octanol–water partition coefficient (Wildman–Crippen LogP) is 3.77. The summed E-state index contributed by atoms with van der Waals surface area (Å²) in [4.78, 5) is 12.6. The van der Waals surface area contributed by atoms with Crippen molar-refractivity contribution in [1.82, 2.24) is 4.31 Å². The number of morpholine rings is 1. The molecule has 1 heterocycles. The van der Waals surface area contributed by atoms with E-state index in [1.165, 1.54) is 22.5 Å². The van der Waals surface area contributed by atoms with E-state index in [2.05, 4.69) is 5.32 Å². The van der Waals surface area contributed by atoms with E-state index in [4.69, 9.17) is 9.47 Å². The van der Waals surface area contributed by atoms with Crippen molar-refractivity contribution in [2.45, 2.75) is 10.8 Å². The Hall–Kier alpha value is -3.40. The number of hydrogen-bond acceptors (Lipinski definition) is 6. The number of hydrogen-bond donors (Lipinski definition) is 2. The molecule has 0 bridgehead atoms. The van der Waals surface area contributed by atoms with E-state index in [-0.39, 0.29) is 41.9 Å². The van der Waals surface area contributed by atoms with Crippen molar-refractivity contribution in [3.05, 3.63) is 77.9 Å². The zero-order chi connectivity index (χ0) is 23.7. The molecule has 0 radical (unpaired) electrons. The van der Waals surface area contributed by atoms with Crippen LogP contribution in [0.25, 0.3) is 11.1 Å². The number of nitrogens with one attached hydrogen (secondary N) is 1. The Labute approximate surface area is 197 Å². The molecule has 2 N–H and O–H groups in total. The molecule has 1 fully saturated rings. The fourth-order valence-electron chi connectivity index (χ4n) is 4.46. The number of sulfonamides is 1. The number of benzene rings is 3. The van der Waals surface area contributed by atoms with Crippen molar-refractivity contribution in [2.24, 2.45) is 0 Å². The third kappa shape index (κ3) is 4.13. The van der Waals surface area contributed by atoms with Crippen LogP contribution in [0.3, 0.4) is 0 Å². The highest BCUT2D eigenvalue weighted by atomic mass is 32.2. The summed E-state index contributed by atoms with van der Waals surface area (Å²) in [7, 11) is -3.78. The van der Waals surface area contributed by atoms with Gasteiger partial charge in [-0.1, -0.05) is 48.5 Å². The number of phenolic OH excluding ortho intramolecular Hbond substituents is 1. The summed E-state index contributed by atoms with van der Waals surface area (Å²) in [6.07, 6.45) is -0.780. The smallest absolute Gasteiger partial charge is 0.411 e. The number of amides is 1. The third-order valence-corrected chi connectivity index (χ3v) is 8.05. The van der Waals surface area contributed by atoms with Gasteiger partial charge in [0.1, 0.15) is 12.4 Å². The van der Waals surface area contributed by atoms with Gasteiger partial charge >= 0.3 is 6.09 Å². The number of anilines is 1. The molecule has 5 rings (SSSR count). The van der Waals surface area contributed by atoms with Crippen LogP contribution in [0.4, 0.5) is 10.5 Å². The average Bonchev–Trinajstić information content (AvgIpc) is 3.18. The fraction of sp³-hybridized carbons (Fsp3) is 0.240. The lowest BCUT2D eigenvalue weighted by molar-refractivity contribution is 0.0730. The molecule has 3 aromatic carbocycles. The van der Waals surface area contributed by atoms with Crippen LogP contribution < -0.4 is 5.32 Å². The van der Waals surface area contributed by atoms with Crippen molar-refractivity contribution in [1.29, 1.82) is 0 Å². The SMILES string of the molecule is O=C(Nc1cc(S(=O)(=O)N2CCOCC2)ccc1O)OCC1c2ccccc2-c2ccccc21. The average molecular weight is 481 g/mol. The topological polar surface area (TPSA) is 105 Å². The van der Waals surface area contributed by atoms with Crippen molar-refractivity contribution >= 4 is 21.8 Å². The molecule has 176 valence electrons. The highest BCUT2D eigenvalue weighted by molar-refractivity contribution is 7.89. The van der Waals surface area contributed by atoms with Gasteiger partial charge in [-0.25, -0.2) is 13.2 Å². The zero-order valence-corrected chi connectivity index (χ0v) is 19.1. The minimum atomic E-state index is -3.78. The molecule has 0 saturated carbocycles. The van der Waals surface area contributed by atoms with Crippen LogP contribution in [0.2, 0.25) is 0 Å². The Kier molecular flexibility index (Phi) is 5.99. The molecule has 9 heteroatoms. The largest absolute Gasteiger partial charge is 0.506 e. The van der Waals surface area contributed by atoms with E-state index in [0.29, 0.717) is 13.2 Å². The first-order valence-electron chi connectivity index (χ1n) is 11.0. The monoisotopic (exact) mass is 480 g/mol. The summed E-state index contributed by atoms with van der Waals surface area (Å²) in [5, 5.41) is 12.7. The molecule has 0 aromatic heterocycles. The molecular weight excluding hydrogens is 456 g/mol. The normalized spacial score (nSPS) is 16.0. The summed E-state index contributed by atoms with van der Waals surface area (Å²) in [5.74, 6) is -0.366. The first-order valence-corrected chi connectivity index (χ1v) is 12.4. The van der Waals surface area contributed by atoms with Crippen LogP contribution >= 0.6 is 0 Å². The maximum Gasteiger partial charge on any atom is 0.411 e. The van der Waals surface area contributed by atoms with Crippen molar-refractivity contribution in [3.8, 4) is 16.9 Å². The van der Waals surface area contributed by atoms with Gasteiger partial charge in [0.2, 0.25) is 10.0 Å². The second-order valence-corrected chi connectivity index (χ2v) is 10.1. The standard InChI is InChI=1S/C25H24N2O6S/c28-24-10-9-17(34(30,31)27-11-13-32-14-12-27)15-23(24)26-25(29)33-16-22-20-7-3-1-5-18(20)19-6-2-4-8-21(19)22/h1-10,15,22,28H,11-14,16H2,(H,26,29). The quantitative estimate of drug-likeness (QED) is 0.539. The molecule has 1 saturated heterocycles. The van der Waals surface area contributed by atoms with Crippen molar-refractivity contribution in [3.63, 3.8) is 0 Å². The molecule has 34 heavy (non-hydrogen) atoms. The molecule has 0 atom stereocenters. The number of carbonyl (C=O) groups is 1. The van der Waals surface area contributed by atoms with E-state index in [0.717, 1.165) is 22.3 Å². The van der Waals surface area contributed by atoms with Gasteiger partial charge < -0.3 is 14.6 Å². The van der Waals surface area contributed by atoms with Crippen molar-refractivity contribution in [2.75, 3.05) is 38.2 Å².